The number of carbonyl (C=O) groups excluding carboxylic acids is 4. The number of aromatic nitrogens is 1. The van der Waals surface area contributed by atoms with Gasteiger partial charge in [-0.1, -0.05) is 34.6 Å². The van der Waals surface area contributed by atoms with Crippen molar-refractivity contribution in [3.8, 4) is 6.07 Å². The minimum Gasteiger partial charge on any atom is -0.465 e. The monoisotopic (exact) mass is 483 g/mol. The minimum atomic E-state index is -1.08. The topological polar surface area (TPSA) is 141 Å². The first-order chi connectivity index (χ1) is 16.2. The first-order valence-corrected chi connectivity index (χ1v) is 11.5. The molecule has 1 saturated heterocycles. The first kappa shape index (κ1) is 26.1. The number of hydrogen-bond donors (Lipinski definition) is 2. The molecule has 1 aromatic heterocycles. The van der Waals surface area contributed by atoms with E-state index >= 15 is 0 Å². The maximum atomic E-state index is 13.6. The molecule has 35 heavy (non-hydrogen) atoms. The number of methoxy groups -OCH3 is 1. The minimum absolute atomic E-state index is 0.0664. The highest BCUT2D eigenvalue weighted by molar-refractivity contribution is 5.94. The van der Waals surface area contributed by atoms with Gasteiger partial charge in [-0.05, 0) is 28.7 Å². The molecule has 0 aromatic carbocycles. The summed E-state index contributed by atoms with van der Waals surface area (Å²) in [4.78, 5) is 56.3. The number of ether oxygens (including phenoxy) is 1. The fraction of sp³-hybridized carbons (Fsp3) is 0.600. The van der Waals surface area contributed by atoms with Crippen LogP contribution < -0.4 is 10.6 Å². The summed E-state index contributed by atoms with van der Waals surface area (Å²) in [5.41, 5.74) is -0.208. The number of esters is 1. The molecule has 1 aromatic rings. The summed E-state index contributed by atoms with van der Waals surface area (Å²) in [6.07, 6.45) is 2.71. The van der Waals surface area contributed by atoms with Crippen LogP contribution in [-0.2, 0) is 19.1 Å². The fourth-order valence-corrected chi connectivity index (χ4v) is 5.09. The van der Waals surface area contributed by atoms with E-state index in [2.05, 4.69) is 29.5 Å². The smallest absolute Gasteiger partial charge is 0.339 e. The molecule has 2 aliphatic rings. The molecule has 3 amide bonds. The lowest BCUT2D eigenvalue weighted by Gasteiger charge is -2.37. The zero-order valence-electron chi connectivity index (χ0n) is 21.2. The van der Waals surface area contributed by atoms with Crippen molar-refractivity contribution in [1.82, 2.24) is 20.5 Å². The van der Waals surface area contributed by atoms with Crippen molar-refractivity contribution in [1.29, 1.82) is 5.26 Å². The van der Waals surface area contributed by atoms with Gasteiger partial charge in [-0.25, -0.2) is 4.79 Å². The lowest BCUT2D eigenvalue weighted by Crippen LogP contribution is -2.59. The van der Waals surface area contributed by atoms with Crippen LogP contribution in [0.2, 0.25) is 0 Å². The molecule has 10 nitrogen and oxygen atoms in total. The number of fused-ring (bicyclic) bond motifs is 1. The van der Waals surface area contributed by atoms with Gasteiger partial charge in [0, 0.05) is 31.4 Å². The van der Waals surface area contributed by atoms with Gasteiger partial charge in [-0.15, -0.1) is 0 Å². The zero-order valence-corrected chi connectivity index (χ0v) is 21.2. The summed E-state index contributed by atoms with van der Waals surface area (Å²) in [6.45, 7) is 11.4. The molecule has 2 heterocycles. The normalized spacial score (nSPS) is 23.8. The SMILES string of the molecule is COC(=O)c1cncc(C(C#N)NC(=O)[C@@H]2[C@@H]3[C@H](CN2C(=O)[C@@H](NC(C)=O)C(C)(C)C)C3(C)C)c1. The Kier molecular flexibility index (Phi) is 6.93. The molecule has 2 fully saturated rings. The van der Waals surface area contributed by atoms with Crippen molar-refractivity contribution in [3.05, 3.63) is 29.6 Å². The van der Waals surface area contributed by atoms with E-state index in [1.165, 1.54) is 32.5 Å². The Labute approximate surface area is 205 Å². The van der Waals surface area contributed by atoms with Crippen molar-refractivity contribution in [2.45, 2.75) is 59.7 Å². The van der Waals surface area contributed by atoms with Gasteiger partial charge >= 0.3 is 5.97 Å². The molecule has 188 valence electrons. The lowest BCUT2D eigenvalue weighted by atomic mass is 9.85. The summed E-state index contributed by atoms with van der Waals surface area (Å²) in [5, 5.41) is 15.2. The number of rotatable bonds is 6. The van der Waals surface area contributed by atoms with E-state index in [1.807, 2.05) is 26.8 Å². The summed E-state index contributed by atoms with van der Waals surface area (Å²) in [7, 11) is 1.24. The van der Waals surface area contributed by atoms with Gasteiger partial charge in [0.25, 0.3) is 0 Å². The van der Waals surface area contributed by atoms with Crippen LogP contribution in [0.4, 0.5) is 0 Å². The maximum absolute atomic E-state index is 13.6. The molecule has 5 atom stereocenters. The first-order valence-electron chi connectivity index (χ1n) is 11.5. The number of amides is 3. The third kappa shape index (κ3) is 4.99. The Morgan fingerprint density at radius 2 is 1.89 bits per heavy atom. The summed E-state index contributed by atoms with van der Waals surface area (Å²) in [6, 6.07) is 0.821. The molecule has 0 radical (unpaired) electrons. The van der Waals surface area contributed by atoms with Gasteiger partial charge in [0.2, 0.25) is 17.7 Å². The summed E-state index contributed by atoms with van der Waals surface area (Å²) < 4.78 is 4.70. The third-order valence-corrected chi connectivity index (χ3v) is 7.15. The van der Waals surface area contributed by atoms with Crippen molar-refractivity contribution in [2.24, 2.45) is 22.7 Å². The molecular weight excluding hydrogens is 450 g/mol. The predicted molar refractivity (Wildman–Crippen MR) is 125 cm³/mol. The van der Waals surface area contributed by atoms with Gasteiger partial charge in [-0.3, -0.25) is 19.4 Å². The van der Waals surface area contributed by atoms with Gasteiger partial charge in [0.05, 0.1) is 18.7 Å². The Morgan fingerprint density at radius 3 is 2.43 bits per heavy atom. The standard InChI is InChI=1S/C25H33N5O5/c1-13(31)28-20(24(2,3)4)22(33)30-12-16-18(25(16,5)6)19(30)21(32)29-17(9-26)14-8-15(11-27-10-14)23(34)35-7/h8,10-11,16-20H,12H2,1-7H3,(H,28,31)(H,29,32)/t16-,17?,18-,19-,20+/m0/s1. The van der Waals surface area contributed by atoms with Crippen molar-refractivity contribution in [2.75, 3.05) is 13.7 Å². The Bertz CT molecular complexity index is 1090. The van der Waals surface area contributed by atoms with Crippen molar-refractivity contribution >= 4 is 23.7 Å². The molecule has 1 aliphatic heterocycles. The van der Waals surface area contributed by atoms with Crippen LogP contribution in [0.5, 0.6) is 0 Å². The van der Waals surface area contributed by atoms with Crippen LogP contribution in [0.3, 0.4) is 0 Å². The number of nitriles is 1. The second-order valence-corrected chi connectivity index (χ2v) is 11.0. The van der Waals surface area contributed by atoms with E-state index in [9.17, 15) is 24.4 Å². The molecule has 0 spiro atoms. The van der Waals surface area contributed by atoms with E-state index in [-0.39, 0.29) is 34.6 Å². The lowest BCUT2D eigenvalue weighted by molar-refractivity contribution is -0.145. The highest BCUT2D eigenvalue weighted by Crippen LogP contribution is 2.65. The van der Waals surface area contributed by atoms with Crippen molar-refractivity contribution < 1.29 is 23.9 Å². The van der Waals surface area contributed by atoms with Crippen LogP contribution in [0.25, 0.3) is 0 Å². The Morgan fingerprint density at radius 1 is 1.23 bits per heavy atom. The number of nitrogens with one attached hydrogen (secondary N) is 2. The molecule has 3 rings (SSSR count). The van der Waals surface area contributed by atoms with Crippen molar-refractivity contribution in [3.63, 3.8) is 0 Å². The van der Waals surface area contributed by atoms with Gasteiger partial charge in [-0.2, -0.15) is 5.26 Å². The number of carbonyl (C=O) groups is 4. The molecule has 10 heteroatoms. The summed E-state index contributed by atoms with van der Waals surface area (Å²) in [5.74, 6) is -1.64. The molecule has 0 bridgehead atoms. The van der Waals surface area contributed by atoms with Crippen LogP contribution in [0.15, 0.2) is 18.5 Å². The third-order valence-electron chi connectivity index (χ3n) is 7.15. The number of hydrogen-bond acceptors (Lipinski definition) is 7. The highest BCUT2D eigenvalue weighted by Gasteiger charge is 2.69. The van der Waals surface area contributed by atoms with E-state index < -0.39 is 35.4 Å². The summed E-state index contributed by atoms with van der Waals surface area (Å²) >= 11 is 0. The van der Waals surface area contributed by atoms with E-state index in [0.717, 1.165) is 0 Å². The quantitative estimate of drug-likeness (QED) is 0.585. The van der Waals surface area contributed by atoms with E-state index in [1.54, 1.807) is 4.90 Å². The number of nitrogens with zero attached hydrogens (tertiary/aromatic N) is 3. The van der Waals surface area contributed by atoms with Crippen LogP contribution in [-0.4, -0.2) is 59.3 Å². The van der Waals surface area contributed by atoms with Crippen LogP contribution in [0.1, 0.15) is 63.5 Å². The molecular formula is C25H33N5O5. The fourth-order valence-electron chi connectivity index (χ4n) is 5.09. The molecule has 2 N–H and O–H groups in total. The highest BCUT2D eigenvalue weighted by atomic mass is 16.5. The number of pyridine rings is 1. The maximum Gasteiger partial charge on any atom is 0.339 e. The van der Waals surface area contributed by atoms with E-state index in [0.29, 0.717) is 12.1 Å². The van der Waals surface area contributed by atoms with E-state index in [4.69, 9.17) is 4.74 Å². The molecule has 1 saturated carbocycles. The van der Waals surface area contributed by atoms with Gasteiger partial charge in [0.15, 0.2) is 0 Å². The number of likely N-dealkylation sites (tertiary alicyclic amines) is 1. The largest absolute Gasteiger partial charge is 0.465 e. The van der Waals surface area contributed by atoms with Crippen LogP contribution >= 0.6 is 0 Å². The van der Waals surface area contributed by atoms with Gasteiger partial charge in [0.1, 0.15) is 18.1 Å². The average molecular weight is 484 g/mol. The average Bonchev–Trinajstić information content (AvgIpc) is 3.12. The molecule has 1 unspecified atom stereocenters. The zero-order chi connectivity index (χ0) is 26.3. The predicted octanol–water partition coefficient (Wildman–Crippen LogP) is 1.58. The van der Waals surface area contributed by atoms with Crippen LogP contribution in [0, 0.1) is 34.0 Å². The van der Waals surface area contributed by atoms with Gasteiger partial charge < -0.3 is 20.3 Å². The second-order valence-electron chi connectivity index (χ2n) is 11.0. The number of piperidine rings is 1. The Hall–Kier alpha value is -3.48. The molecule has 1 aliphatic carbocycles. The second kappa shape index (κ2) is 9.29. The Balaban J connectivity index is 1.88.